The summed E-state index contributed by atoms with van der Waals surface area (Å²) < 4.78 is 15.2. The van der Waals surface area contributed by atoms with Gasteiger partial charge < -0.3 is 0 Å². The molecule has 0 amide bonds. The molecule has 0 aliphatic rings. The molecule has 0 spiro atoms. The van der Waals surface area contributed by atoms with Crippen LogP contribution in [0.1, 0.15) is 11.4 Å². The lowest BCUT2D eigenvalue weighted by atomic mass is 10.2. The molecule has 0 saturated carbocycles. The zero-order valence-electron chi connectivity index (χ0n) is 13.6. The summed E-state index contributed by atoms with van der Waals surface area (Å²) in [6, 6.07) is 16.7. The first kappa shape index (κ1) is 15.9. The Morgan fingerprint density at radius 3 is 2.68 bits per heavy atom. The highest BCUT2D eigenvalue weighted by atomic mass is 32.1. The van der Waals surface area contributed by atoms with Gasteiger partial charge in [0.2, 0.25) is 4.96 Å². The van der Waals surface area contributed by atoms with E-state index in [1.807, 2.05) is 31.3 Å². The molecule has 0 N–H and O–H groups in total. The number of aromatic nitrogens is 4. The fraction of sp³-hybridized carbons (Fsp3) is 0.167. The van der Waals surface area contributed by atoms with Gasteiger partial charge in [0.15, 0.2) is 5.82 Å². The van der Waals surface area contributed by atoms with Crippen molar-refractivity contribution in [2.24, 2.45) is 0 Å². The van der Waals surface area contributed by atoms with Crippen molar-refractivity contribution in [2.75, 3.05) is 7.05 Å². The number of nitrogens with zero attached hydrogens (tertiary/aromatic N) is 5. The molecule has 2 aromatic carbocycles. The smallest absolute Gasteiger partial charge is 0.235 e. The van der Waals surface area contributed by atoms with Crippen molar-refractivity contribution >= 4 is 16.3 Å². The summed E-state index contributed by atoms with van der Waals surface area (Å²) >= 11 is 1.40. The third-order valence-corrected chi connectivity index (χ3v) is 4.78. The Bertz CT molecular complexity index is 995. The van der Waals surface area contributed by atoms with E-state index < -0.39 is 0 Å². The van der Waals surface area contributed by atoms with E-state index in [9.17, 15) is 4.39 Å². The van der Waals surface area contributed by atoms with Crippen LogP contribution in [0.3, 0.4) is 0 Å². The van der Waals surface area contributed by atoms with Crippen molar-refractivity contribution in [2.45, 2.75) is 13.1 Å². The van der Waals surface area contributed by atoms with Crippen LogP contribution < -0.4 is 0 Å². The van der Waals surface area contributed by atoms with E-state index in [0.717, 1.165) is 22.9 Å². The monoisotopic (exact) mass is 353 g/mol. The van der Waals surface area contributed by atoms with Crippen molar-refractivity contribution in [3.63, 3.8) is 0 Å². The molecule has 0 fully saturated rings. The van der Waals surface area contributed by atoms with Crippen molar-refractivity contribution in [1.82, 2.24) is 24.7 Å². The maximum atomic E-state index is 13.4. The van der Waals surface area contributed by atoms with Gasteiger partial charge in [0.1, 0.15) is 10.8 Å². The Balaban J connectivity index is 1.56. The van der Waals surface area contributed by atoms with E-state index in [2.05, 4.69) is 32.3 Å². The van der Waals surface area contributed by atoms with Gasteiger partial charge in [-0.2, -0.15) is 9.61 Å². The van der Waals surface area contributed by atoms with Crippen LogP contribution in [0.2, 0.25) is 0 Å². The second-order valence-electron chi connectivity index (χ2n) is 5.89. The van der Waals surface area contributed by atoms with Crippen molar-refractivity contribution in [3.8, 4) is 10.6 Å². The fourth-order valence-electron chi connectivity index (χ4n) is 2.69. The van der Waals surface area contributed by atoms with Gasteiger partial charge >= 0.3 is 0 Å². The molecule has 0 aliphatic heterocycles. The zero-order chi connectivity index (χ0) is 17.2. The van der Waals surface area contributed by atoms with Crippen LogP contribution in [0.5, 0.6) is 0 Å². The van der Waals surface area contributed by atoms with Gasteiger partial charge in [-0.05, 0) is 24.7 Å². The van der Waals surface area contributed by atoms with Gasteiger partial charge in [-0.3, -0.25) is 4.90 Å². The number of fused-ring (bicyclic) bond motifs is 1. The van der Waals surface area contributed by atoms with Gasteiger partial charge in [-0.25, -0.2) is 4.39 Å². The minimum absolute atomic E-state index is 0.272. The number of hydrogen-bond acceptors (Lipinski definition) is 5. The summed E-state index contributed by atoms with van der Waals surface area (Å²) in [5.41, 5.74) is 1.99. The summed E-state index contributed by atoms with van der Waals surface area (Å²) in [6.45, 7) is 1.44. The molecule has 2 aromatic heterocycles. The molecule has 0 saturated heterocycles. The van der Waals surface area contributed by atoms with Crippen LogP contribution >= 0.6 is 11.3 Å². The average molecular weight is 353 g/mol. The molecule has 4 aromatic rings. The van der Waals surface area contributed by atoms with E-state index in [4.69, 9.17) is 0 Å². The molecular weight excluding hydrogens is 337 g/mol. The highest BCUT2D eigenvalue weighted by Crippen LogP contribution is 2.26. The molecule has 0 aliphatic carbocycles. The average Bonchev–Trinajstić information content (AvgIpc) is 3.18. The summed E-state index contributed by atoms with van der Waals surface area (Å²) in [5, 5.41) is 13.7. The summed E-state index contributed by atoms with van der Waals surface area (Å²) in [4.78, 5) is 2.87. The number of hydrogen-bond donors (Lipinski definition) is 0. The number of benzene rings is 2. The Morgan fingerprint density at radius 1 is 1.04 bits per heavy atom. The quantitative estimate of drug-likeness (QED) is 0.550. The minimum atomic E-state index is -0.272. The summed E-state index contributed by atoms with van der Waals surface area (Å²) in [6.07, 6.45) is 0. The van der Waals surface area contributed by atoms with Crippen LogP contribution in [-0.2, 0) is 13.1 Å². The van der Waals surface area contributed by atoms with E-state index >= 15 is 0 Å². The lowest BCUT2D eigenvalue weighted by molar-refractivity contribution is 0.308. The molecule has 0 bridgehead atoms. The van der Waals surface area contributed by atoms with Crippen LogP contribution in [0.4, 0.5) is 4.39 Å². The predicted octanol–water partition coefficient (Wildman–Crippen LogP) is 3.62. The van der Waals surface area contributed by atoms with Crippen LogP contribution in [-0.4, -0.2) is 31.8 Å². The first-order valence-corrected chi connectivity index (χ1v) is 8.70. The molecule has 4 rings (SSSR count). The molecule has 7 heteroatoms. The highest BCUT2D eigenvalue weighted by Gasteiger charge is 2.14. The van der Waals surface area contributed by atoms with Crippen LogP contribution in [0.15, 0.2) is 54.6 Å². The standard InChI is InChI=1S/C18H16FN5S/c1-23(11-13-6-3-2-4-7-13)12-16-20-21-18-24(16)22-17(25-18)14-8-5-9-15(19)10-14/h2-10H,11-12H2,1H3. The van der Waals surface area contributed by atoms with E-state index in [1.165, 1.54) is 29.0 Å². The third-order valence-electron chi connectivity index (χ3n) is 3.83. The maximum absolute atomic E-state index is 13.4. The molecule has 25 heavy (non-hydrogen) atoms. The summed E-state index contributed by atoms with van der Waals surface area (Å²) in [5.74, 6) is 0.499. The Morgan fingerprint density at radius 2 is 1.88 bits per heavy atom. The second kappa shape index (κ2) is 6.70. The first-order valence-electron chi connectivity index (χ1n) is 7.88. The zero-order valence-corrected chi connectivity index (χ0v) is 14.4. The Hall–Kier alpha value is -2.64. The second-order valence-corrected chi connectivity index (χ2v) is 6.84. The van der Waals surface area contributed by atoms with Crippen molar-refractivity contribution < 1.29 is 4.39 Å². The third kappa shape index (κ3) is 3.42. The molecule has 0 radical (unpaired) electrons. The van der Waals surface area contributed by atoms with Gasteiger partial charge in [-0.15, -0.1) is 10.2 Å². The Kier molecular flexibility index (Phi) is 4.25. The van der Waals surface area contributed by atoms with E-state index in [0.29, 0.717) is 11.5 Å². The lowest BCUT2D eigenvalue weighted by Gasteiger charge is -2.14. The van der Waals surface area contributed by atoms with Gasteiger partial charge in [0, 0.05) is 12.1 Å². The molecule has 2 heterocycles. The molecule has 126 valence electrons. The molecular formula is C18H16FN5S. The van der Waals surface area contributed by atoms with Gasteiger partial charge in [-0.1, -0.05) is 53.8 Å². The highest BCUT2D eigenvalue weighted by molar-refractivity contribution is 7.19. The molecule has 5 nitrogen and oxygen atoms in total. The van der Waals surface area contributed by atoms with Gasteiger partial charge in [0.25, 0.3) is 0 Å². The lowest BCUT2D eigenvalue weighted by Crippen LogP contribution is -2.19. The Labute approximate surface area is 148 Å². The summed E-state index contributed by atoms with van der Waals surface area (Å²) in [7, 11) is 2.04. The van der Waals surface area contributed by atoms with Crippen molar-refractivity contribution in [1.29, 1.82) is 0 Å². The molecule has 0 unspecified atom stereocenters. The normalized spacial score (nSPS) is 11.5. The van der Waals surface area contributed by atoms with Crippen LogP contribution in [0, 0.1) is 5.82 Å². The largest absolute Gasteiger partial charge is 0.295 e. The number of rotatable bonds is 5. The predicted molar refractivity (Wildman–Crippen MR) is 95.7 cm³/mol. The van der Waals surface area contributed by atoms with Crippen molar-refractivity contribution in [3.05, 3.63) is 71.8 Å². The topological polar surface area (TPSA) is 46.3 Å². The minimum Gasteiger partial charge on any atom is -0.295 e. The van der Waals surface area contributed by atoms with Crippen LogP contribution in [0.25, 0.3) is 15.5 Å². The maximum Gasteiger partial charge on any atom is 0.235 e. The van der Waals surface area contributed by atoms with E-state index in [1.54, 1.807) is 10.6 Å². The number of halogens is 1. The van der Waals surface area contributed by atoms with Gasteiger partial charge in [0.05, 0.1) is 6.54 Å². The first-order chi connectivity index (χ1) is 12.2. The fourth-order valence-corrected chi connectivity index (χ4v) is 3.54. The SMILES string of the molecule is CN(Cc1ccccc1)Cc1nnc2sc(-c3cccc(F)c3)nn12. The molecule has 0 atom stereocenters. The van der Waals surface area contributed by atoms with E-state index in [-0.39, 0.29) is 5.82 Å².